The molecule has 2 rings (SSSR count). The third-order valence-corrected chi connectivity index (χ3v) is 24.5. The summed E-state index contributed by atoms with van der Waals surface area (Å²) in [5, 5.41) is -0.00778. The van der Waals surface area contributed by atoms with E-state index < -0.39 is 31.1 Å². The number of fused-ring (bicyclic) bond motifs is 1. The van der Waals surface area contributed by atoms with E-state index in [0.29, 0.717) is 0 Å². The van der Waals surface area contributed by atoms with Crippen molar-refractivity contribution in [2.75, 3.05) is 7.11 Å². The third kappa shape index (κ3) is 9.71. The molecule has 5 unspecified atom stereocenters. The molecule has 2 aliphatic rings. The highest BCUT2D eigenvalue weighted by atomic mass is 127. The number of esters is 1. The van der Waals surface area contributed by atoms with Gasteiger partial charge in [-0.3, -0.25) is 4.79 Å². The molecule has 0 radical (unpaired) electrons. The SMILES string of the molecule is COC(=O)CC1CC[C@@H]2O[C@@H](C(/C=C/I)O[Si](C)(C)C(C)(C)C)C(O[Si](C)(C)C(C)(C)C)C(O[Si](C)(C)C(C)(C)C)C2O1. The molecule has 43 heavy (non-hydrogen) atoms. The Hall–Kier alpha value is 0.391. The normalized spacial score (nSPS) is 29.0. The lowest BCUT2D eigenvalue weighted by atomic mass is 9.87. The van der Waals surface area contributed by atoms with Crippen LogP contribution in [0, 0.1) is 0 Å². The van der Waals surface area contributed by atoms with Crippen LogP contribution in [-0.4, -0.2) is 80.8 Å². The van der Waals surface area contributed by atoms with Gasteiger partial charge in [0.05, 0.1) is 31.8 Å². The third-order valence-electron chi connectivity index (χ3n) is 10.7. The Balaban J connectivity index is 2.73. The Labute approximate surface area is 280 Å². The first-order valence-electron chi connectivity index (χ1n) is 16.0. The van der Waals surface area contributed by atoms with Crippen molar-refractivity contribution in [2.24, 2.45) is 0 Å². The molecule has 2 aliphatic heterocycles. The maximum absolute atomic E-state index is 12.3. The molecule has 7 atom stereocenters. The lowest BCUT2D eigenvalue weighted by Crippen LogP contribution is -2.69. The van der Waals surface area contributed by atoms with Crippen LogP contribution in [0.2, 0.25) is 54.4 Å². The van der Waals surface area contributed by atoms with Crippen molar-refractivity contribution in [3.8, 4) is 0 Å². The number of hydrogen-bond donors (Lipinski definition) is 0. The Kier molecular flexibility index (Phi) is 13.1. The fourth-order valence-corrected chi connectivity index (χ4v) is 9.03. The lowest BCUT2D eigenvalue weighted by Gasteiger charge is -2.56. The molecule has 252 valence electrons. The fraction of sp³-hybridized carbons (Fsp3) is 0.906. The van der Waals surface area contributed by atoms with Crippen LogP contribution in [0.5, 0.6) is 0 Å². The van der Waals surface area contributed by atoms with E-state index in [1.165, 1.54) is 7.11 Å². The second kappa shape index (κ2) is 14.2. The van der Waals surface area contributed by atoms with Crippen LogP contribution in [0.25, 0.3) is 0 Å². The Bertz CT molecular complexity index is 965. The molecule has 2 heterocycles. The summed E-state index contributed by atoms with van der Waals surface area (Å²) in [6.45, 7) is 34.1. The number of hydrogen-bond acceptors (Lipinski definition) is 7. The molecule has 0 bridgehead atoms. The predicted octanol–water partition coefficient (Wildman–Crippen LogP) is 8.98. The highest BCUT2D eigenvalue weighted by Gasteiger charge is 2.57. The summed E-state index contributed by atoms with van der Waals surface area (Å²) in [6, 6.07) is 0. The van der Waals surface area contributed by atoms with Crippen molar-refractivity contribution in [3.05, 3.63) is 10.2 Å². The summed E-state index contributed by atoms with van der Waals surface area (Å²) in [5.41, 5.74) is 0. The molecule has 2 fully saturated rings. The monoisotopic (exact) mass is 770 g/mol. The molecule has 0 aromatic rings. The van der Waals surface area contributed by atoms with Gasteiger partial charge in [0.2, 0.25) is 0 Å². The number of rotatable bonds is 10. The zero-order valence-electron chi connectivity index (χ0n) is 30.1. The molecule has 0 N–H and O–H groups in total. The van der Waals surface area contributed by atoms with Gasteiger partial charge in [-0.15, -0.1) is 0 Å². The van der Waals surface area contributed by atoms with Gasteiger partial charge < -0.3 is 27.5 Å². The quantitative estimate of drug-likeness (QED) is 0.125. The van der Waals surface area contributed by atoms with Crippen LogP contribution >= 0.6 is 22.6 Å². The molecular weight excluding hydrogens is 708 g/mol. The molecular formula is C32H63IO7Si3. The van der Waals surface area contributed by atoms with Crippen molar-refractivity contribution >= 4 is 53.5 Å². The number of ether oxygens (including phenoxy) is 3. The van der Waals surface area contributed by atoms with Crippen LogP contribution in [0.1, 0.15) is 81.6 Å². The van der Waals surface area contributed by atoms with Gasteiger partial charge in [-0.2, -0.15) is 0 Å². The first-order valence-corrected chi connectivity index (χ1v) is 25.9. The van der Waals surface area contributed by atoms with Crippen LogP contribution in [-0.2, 0) is 32.3 Å². The van der Waals surface area contributed by atoms with Crippen LogP contribution in [0.15, 0.2) is 10.2 Å². The van der Waals surface area contributed by atoms with Gasteiger partial charge in [0.15, 0.2) is 25.0 Å². The Morgan fingerprint density at radius 1 is 0.814 bits per heavy atom. The van der Waals surface area contributed by atoms with Gasteiger partial charge in [-0.1, -0.05) is 84.9 Å². The van der Waals surface area contributed by atoms with E-state index >= 15 is 0 Å². The summed E-state index contributed by atoms with van der Waals surface area (Å²) in [6.07, 6.45) is 1.61. The first kappa shape index (κ1) is 39.6. The summed E-state index contributed by atoms with van der Waals surface area (Å²) in [7, 11) is -5.36. The minimum Gasteiger partial charge on any atom is -0.469 e. The second-order valence-corrected chi connectivity index (χ2v) is 32.1. The molecule has 0 aromatic heterocycles. The van der Waals surface area contributed by atoms with E-state index in [9.17, 15) is 4.79 Å². The van der Waals surface area contributed by atoms with Gasteiger partial charge >= 0.3 is 5.97 Å². The van der Waals surface area contributed by atoms with Crippen molar-refractivity contribution < 1.29 is 32.3 Å². The average Bonchev–Trinajstić information content (AvgIpc) is 2.82. The van der Waals surface area contributed by atoms with E-state index in [4.69, 9.17) is 27.5 Å². The number of methoxy groups -OCH3 is 1. The number of carbonyl (C=O) groups excluding carboxylic acids is 1. The molecule has 0 amide bonds. The van der Waals surface area contributed by atoms with Crippen molar-refractivity contribution in [1.29, 1.82) is 0 Å². The van der Waals surface area contributed by atoms with Gasteiger partial charge in [0.25, 0.3) is 0 Å². The van der Waals surface area contributed by atoms with E-state index in [2.05, 4.69) is 130 Å². The summed E-state index contributed by atoms with van der Waals surface area (Å²) < 4.78 is 42.8. The predicted molar refractivity (Wildman–Crippen MR) is 193 cm³/mol. The number of carbonyl (C=O) groups is 1. The average molecular weight is 771 g/mol. The second-order valence-electron chi connectivity index (χ2n) is 17.1. The fourth-order valence-electron chi connectivity index (χ4n) is 4.77. The summed E-state index contributed by atoms with van der Waals surface area (Å²) >= 11 is 2.29. The topological polar surface area (TPSA) is 72.5 Å². The first-order chi connectivity index (χ1) is 19.3. The maximum Gasteiger partial charge on any atom is 0.308 e. The smallest absolute Gasteiger partial charge is 0.308 e. The lowest BCUT2D eigenvalue weighted by molar-refractivity contribution is -0.266. The van der Waals surface area contributed by atoms with Crippen LogP contribution in [0.4, 0.5) is 0 Å². The Morgan fingerprint density at radius 3 is 1.74 bits per heavy atom. The van der Waals surface area contributed by atoms with Crippen molar-refractivity contribution in [2.45, 2.75) is 179 Å². The van der Waals surface area contributed by atoms with E-state index in [1.54, 1.807) is 0 Å². The van der Waals surface area contributed by atoms with Gasteiger partial charge in [-0.25, -0.2) is 0 Å². The van der Waals surface area contributed by atoms with E-state index in [-0.39, 0.29) is 64.1 Å². The molecule has 0 saturated carbocycles. The zero-order chi connectivity index (χ0) is 33.4. The zero-order valence-corrected chi connectivity index (χ0v) is 35.2. The highest BCUT2D eigenvalue weighted by Crippen LogP contribution is 2.47. The molecule has 0 spiro atoms. The van der Waals surface area contributed by atoms with Gasteiger partial charge in [-0.05, 0) is 77.4 Å². The van der Waals surface area contributed by atoms with E-state index in [1.807, 2.05) is 4.08 Å². The Morgan fingerprint density at radius 2 is 1.30 bits per heavy atom. The molecule has 7 nitrogen and oxygen atoms in total. The van der Waals surface area contributed by atoms with E-state index in [0.717, 1.165) is 12.8 Å². The van der Waals surface area contributed by atoms with Crippen molar-refractivity contribution in [1.82, 2.24) is 0 Å². The maximum atomic E-state index is 12.3. The molecule has 2 saturated heterocycles. The molecule has 0 aliphatic carbocycles. The van der Waals surface area contributed by atoms with Crippen LogP contribution < -0.4 is 0 Å². The standard InChI is InChI=1S/C32H63IO7Si3/c1-30(2,3)41(11,12)38-24(19-20-33)27-29(40-43(15,16)32(7,8)9)28(39-42(13,14)31(4,5)6)26-23(37-27)18-17-22(36-26)21-25(34)35-10/h19-20,22-24,26-29H,17-18,21H2,1-16H3/b20-19+/t22?,23-,24?,26?,27-,28?,29?/m0/s1. The molecule has 0 aromatic carbocycles. The van der Waals surface area contributed by atoms with Crippen molar-refractivity contribution in [3.63, 3.8) is 0 Å². The van der Waals surface area contributed by atoms with Crippen LogP contribution in [0.3, 0.4) is 0 Å². The minimum absolute atomic E-state index is 0.0168. The highest BCUT2D eigenvalue weighted by molar-refractivity contribution is 14.1. The summed E-state index contributed by atoms with van der Waals surface area (Å²) in [5.74, 6) is -0.260. The largest absolute Gasteiger partial charge is 0.469 e. The molecule has 11 heteroatoms. The summed E-state index contributed by atoms with van der Waals surface area (Å²) in [4.78, 5) is 12.3. The number of halogens is 1. The van der Waals surface area contributed by atoms with Gasteiger partial charge in [0, 0.05) is 0 Å². The minimum atomic E-state index is -2.31. The van der Waals surface area contributed by atoms with Gasteiger partial charge in [0.1, 0.15) is 24.4 Å².